The summed E-state index contributed by atoms with van der Waals surface area (Å²) in [6, 6.07) is 0. The number of carbonyl (C=O) groups excluding carboxylic acids is 2. The molecule has 5 nitrogen and oxygen atoms in total. The maximum Gasteiger partial charge on any atom is 0.323 e. The Morgan fingerprint density at radius 2 is 1.73 bits per heavy atom. The highest BCUT2D eigenvalue weighted by Crippen LogP contribution is 2.60. The Bertz CT molecular complexity index is 697. The molecule has 3 aliphatic rings. The molecule has 0 unspecified atom stereocenters. The molecule has 0 amide bonds. The first kappa shape index (κ1) is 23.3. The van der Waals surface area contributed by atoms with E-state index >= 15 is 0 Å². The van der Waals surface area contributed by atoms with Crippen LogP contribution in [0.4, 0.5) is 0 Å². The lowest BCUT2D eigenvalue weighted by atomic mass is 9.80. The van der Waals surface area contributed by atoms with Crippen LogP contribution in [0.1, 0.15) is 60.8 Å². The summed E-state index contributed by atoms with van der Waals surface area (Å²) < 4.78 is 17.5. The maximum atomic E-state index is 13.0. The molecule has 1 aliphatic heterocycles. The van der Waals surface area contributed by atoms with Crippen molar-refractivity contribution in [1.82, 2.24) is 0 Å². The molecule has 168 valence electrons. The van der Waals surface area contributed by atoms with E-state index in [1.165, 1.54) is 5.57 Å². The quantitative estimate of drug-likeness (QED) is 0.249. The van der Waals surface area contributed by atoms with Crippen LogP contribution in [0.15, 0.2) is 23.8 Å². The van der Waals surface area contributed by atoms with Gasteiger partial charge in [-0.15, -0.1) is 0 Å². The third-order valence-corrected chi connectivity index (χ3v) is 13.5. The highest BCUT2D eigenvalue weighted by atomic mass is 28.4. The average Bonchev–Trinajstić information content (AvgIpc) is 3.23. The number of rotatable bonds is 6. The molecule has 0 radical (unpaired) electrons. The maximum absolute atomic E-state index is 13.0. The molecule has 30 heavy (non-hydrogen) atoms. The second kappa shape index (κ2) is 8.99. The van der Waals surface area contributed by atoms with E-state index in [-0.39, 0.29) is 19.1 Å². The van der Waals surface area contributed by atoms with Gasteiger partial charge in [-0.05, 0) is 56.0 Å². The Kier molecular flexibility index (Phi) is 6.97. The zero-order chi connectivity index (χ0) is 22.1. The molecule has 6 heteroatoms. The Morgan fingerprint density at radius 3 is 2.27 bits per heavy atom. The summed E-state index contributed by atoms with van der Waals surface area (Å²) >= 11 is 0. The van der Waals surface area contributed by atoms with E-state index in [9.17, 15) is 9.59 Å². The lowest BCUT2D eigenvalue weighted by Gasteiger charge is -2.40. The van der Waals surface area contributed by atoms with Crippen molar-refractivity contribution in [2.75, 3.05) is 19.8 Å². The predicted molar refractivity (Wildman–Crippen MR) is 119 cm³/mol. The van der Waals surface area contributed by atoms with Crippen LogP contribution in [0.5, 0.6) is 0 Å². The van der Waals surface area contributed by atoms with Crippen LogP contribution >= 0.6 is 0 Å². The van der Waals surface area contributed by atoms with Gasteiger partial charge in [0.1, 0.15) is 0 Å². The molecule has 0 aromatic carbocycles. The van der Waals surface area contributed by atoms with Gasteiger partial charge in [0, 0.05) is 12.1 Å². The fourth-order valence-corrected chi connectivity index (χ4v) is 11.9. The second-order valence-electron chi connectivity index (χ2n) is 9.62. The topological polar surface area (TPSA) is 61.8 Å². The van der Waals surface area contributed by atoms with Gasteiger partial charge in [0.05, 0.1) is 13.2 Å². The molecule has 3 atom stereocenters. The molecule has 0 aromatic rings. The van der Waals surface area contributed by atoms with Crippen molar-refractivity contribution in [3.05, 3.63) is 23.8 Å². The molecule has 2 aliphatic carbocycles. The highest BCUT2D eigenvalue weighted by Gasteiger charge is 2.62. The minimum absolute atomic E-state index is 0.153. The van der Waals surface area contributed by atoms with E-state index in [2.05, 4.69) is 45.9 Å². The molecule has 3 rings (SSSR count). The summed E-state index contributed by atoms with van der Waals surface area (Å²) in [5, 5.41) is 0. The smallest absolute Gasteiger partial charge is 0.323 e. The van der Waals surface area contributed by atoms with E-state index in [4.69, 9.17) is 13.9 Å². The van der Waals surface area contributed by atoms with Crippen molar-refractivity contribution >= 4 is 20.3 Å². The zero-order valence-corrected chi connectivity index (χ0v) is 20.4. The number of esters is 2. The minimum Gasteiger partial charge on any atom is -0.465 e. The highest BCUT2D eigenvalue weighted by molar-refractivity contribution is 6.78. The van der Waals surface area contributed by atoms with E-state index < -0.39 is 25.7 Å². The molecule has 1 heterocycles. The summed E-state index contributed by atoms with van der Waals surface area (Å²) in [4.78, 5) is 26.1. The number of hydrogen-bond donors (Lipinski definition) is 0. The van der Waals surface area contributed by atoms with E-state index in [0.717, 1.165) is 6.42 Å². The van der Waals surface area contributed by atoms with Crippen LogP contribution in [0.25, 0.3) is 0 Å². The van der Waals surface area contributed by atoms with Gasteiger partial charge in [0.2, 0.25) is 8.32 Å². The summed E-state index contributed by atoms with van der Waals surface area (Å²) in [6.45, 7) is 14.0. The molecule has 0 aromatic heterocycles. The monoisotopic (exact) mass is 434 g/mol. The Labute approximate surface area is 182 Å². The molecule has 0 spiro atoms. The third kappa shape index (κ3) is 3.60. The predicted octanol–water partition coefficient (Wildman–Crippen LogP) is 5.18. The van der Waals surface area contributed by atoms with Gasteiger partial charge < -0.3 is 13.9 Å². The van der Waals surface area contributed by atoms with Gasteiger partial charge in [-0.25, -0.2) is 0 Å². The number of carbonyl (C=O) groups is 2. The van der Waals surface area contributed by atoms with Crippen LogP contribution in [0.3, 0.4) is 0 Å². The van der Waals surface area contributed by atoms with Crippen LogP contribution in [-0.2, 0) is 23.5 Å². The average molecular weight is 435 g/mol. The first-order valence-corrected chi connectivity index (χ1v) is 13.7. The van der Waals surface area contributed by atoms with Gasteiger partial charge in [-0.1, -0.05) is 51.5 Å². The second-order valence-corrected chi connectivity index (χ2v) is 14.6. The lowest BCUT2D eigenvalue weighted by Crippen LogP contribution is -2.45. The normalized spacial score (nSPS) is 31.9. The Morgan fingerprint density at radius 1 is 1.13 bits per heavy atom. The van der Waals surface area contributed by atoms with Gasteiger partial charge in [0.25, 0.3) is 0 Å². The number of fused-ring (bicyclic) bond motifs is 3. The number of allylic oxidation sites excluding steroid dienone is 4. The summed E-state index contributed by atoms with van der Waals surface area (Å²) in [7, 11) is -2.04. The molecular formula is C24H38O5Si. The fourth-order valence-electron chi connectivity index (χ4n) is 6.29. The zero-order valence-electron chi connectivity index (χ0n) is 19.4. The molecule has 0 N–H and O–H groups in total. The lowest BCUT2D eigenvalue weighted by molar-refractivity contribution is -0.171. The first-order valence-electron chi connectivity index (χ1n) is 11.6. The summed E-state index contributed by atoms with van der Waals surface area (Å²) in [5.74, 6) is -0.415. The molecule has 1 saturated heterocycles. The van der Waals surface area contributed by atoms with Crippen molar-refractivity contribution in [1.29, 1.82) is 0 Å². The van der Waals surface area contributed by atoms with Crippen molar-refractivity contribution in [2.45, 2.75) is 77.4 Å². The number of ether oxygens (including phenoxy) is 2. The van der Waals surface area contributed by atoms with Crippen molar-refractivity contribution in [3.8, 4) is 0 Å². The first-order chi connectivity index (χ1) is 14.2. The van der Waals surface area contributed by atoms with Crippen LogP contribution in [0.2, 0.25) is 16.6 Å². The summed E-state index contributed by atoms with van der Waals surface area (Å²) in [5.41, 5.74) is 1.39. The molecule has 2 fully saturated rings. The van der Waals surface area contributed by atoms with Crippen molar-refractivity contribution in [2.24, 2.45) is 17.3 Å². The van der Waals surface area contributed by atoms with Crippen molar-refractivity contribution in [3.63, 3.8) is 0 Å². The van der Waals surface area contributed by atoms with Gasteiger partial charge >= 0.3 is 11.9 Å². The Balaban J connectivity index is 2.01. The number of hydrogen-bond acceptors (Lipinski definition) is 5. The molecule has 1 saturated carbocycles. The van der Waals surface area contributed by atoms with Gasteiger partial charge in [-0.3, -0.25) is 9.59 Å². The molecule has 0 bridgehead atoms. The van der Waals surface area contributed by atoms with E-state index in [0.29, 0.717) is 42.0 Å². The SMILES string of the molecule is CCOC(=O)C1(C(=O)OCC)C/C2=C/C/C=C\[C@@H]3[C@H](CO[Si]3(C(C)C)C(C)C)[C@@H]2C1. The molecular weight excluding hydrogens is 396 g/mol. The summed E-state index contributed by atoms with van der Waals surface area (Å²) in [6.07, 6.45) is 8.57. The van der Waals surface area contributed by atoms with Gasteiger partial charge in [0.15, 0.2) is 5.41 Å². The van der Waals surface area contributed by atoms with Crippen LogP contribution < -0.4 is 0 Å². The minimum atomic E-state index is -2.04. The van der Waals surface area contributed by atoms with E-state index in [1.807, 2.05) is 0 Å². The third-order valence-electron chi connectivity index (χ3n) is 7.57. The van der Waals surface area contributed by atoms with Crippen LogP contribution in [0, 0.1) is 17.3 Å². The van der Waals surface area contributed by atoms with E-state index in [1.54, 1.807) is 13.8 Å². The Hall–Kier alpha value is -1.40. The standard InChI is InChI=1S/C24H38O5Si/c1-7-27-22(25)24(23(26)28-8-2)13-18-11-9-10-12-21-20(19(18)14-24)15-29-30(21,16(3)4)17(5)6/h10-12,16-17,19-21H,7-9,13-15H2,1-6H3/b12-10-,18-11-/t19-,20-,21-/m1/s1. The van der Waals surface area contributed by atoms with Crippen LogP contribution in [-0.4, -0.2) is 40.1 Å². The largest absolute Gasteiger partial charge is 0.465 e. The van der Waals surface area contributed by atoms with Gasteiger partial charge in [-0.2, -0.15) is 0 Å². The van der Waals surface area contributed by atoms with Crippen molar-refractivity contribution < 1.29 is 23.5 Å². The fraction of sp³-hybridized carbons (Fsp3) is 0.750.